The minimum Gasteiger partial charge on any atom is -0.399 e. The van der Waals surface area contributed by atoms with Gasteiger partial charge in [-0.15, -0.1) is 12.4 Å². The number of nitrogen functional groups attached to an aromatic ring is 1. The number of benzene rings is 1. The Morgan fingerprint density at radius 2 is 2.16 bits per heavy atom. The van der Waals surface area contributed by atoms with E-state index in [2.05, 4.69) is 10.1 Å². The molecule has 1 aromatic carbocycles. The van der Waals surface area contributed by atoms with Crippen molar-refractivity contribution in [2.45, 2.75) is 51.5 Å². The van der Waals surface area contributed by atoms with Gasteiger partial charge in [0.25, 0.3) is 0 Å². The van der Waals surface area contributed by atoms with E-state index in [0.717, 1.165) is 30.6 Å². The maximum atomic E-state index is 12.7. The van der Waals surface area contributed by atoms with Gasteiger partial charge in [-0.25, -0.2) is 0 Å². The number of nitrogens with two attached hydrogens (primary N) is 1. The van der Waals surface area contributed by atoms with E-state index in [1.807, 2.05) is 43.0 Å². The first kappa shape index (κ1) is 19.2. The lowest BCUT2D eigenvalue weighted by molar-refractivity contribution is -0.132. The lowest BCUT2D eigenvalue weighted by Crippen LogP contribution is -2.31. The Kier molecular flexibility index (Phi) is 6.42. The zero-order valence-corrected chi connectivity index (χ0v) is 15.5. The highest BCUT2D eigenvalue weighted by atomic mass is 35.5. The maximum Gasteiger partial charge on any atom is 0.229 e. The van der Waals surface area contributed by atoms with Crippen LogP contribution in [0.2, 0.25) is 0 Å². The molecule has 7 heteroatoms. The number of likely N-dealkylation sites (tertiary alicyclic amines) is 1. The molecule has 6 nitrogen and oxygen atoms in total. The summed E-state index contributed by atoms with van der Waals surface area (Å²) in [4.78, 5) is 19.0. The summed E-state index contributed by atoms with van der Waals surface area (Å²) in [7, 11) is 0. The van der Waals surface area contributed by atoms with Gasteiger partial charge in [-0.05, 0) is 30.9 Å². The molecule has 136 valence electrons. The molecule has 2 aromatic rings. The van der Waals surface area contributed by atoms with Crippen molar-refractivity contribution < 1.29 is 9.32 Å². The first-order chi connectivity index (χ1) is 11.6. The molecule has 3 rings (SSSR count). The van der Waals surface area contributed by atoms with Crippen molar-refractivity contribution in [3.05, 3.63) is 41.5 Å². The standard InChI is InChI=1S/C18H24N4O2.ClH/c1-12(2)18-20-17(21-24-18)15-8-5-11-22(15)16(23)10-9-13-6-3-4-7-14(13)19;/h3-4,6-7,12,15H,5,8-11,19H2,1-2H3;1H. The minimum atomic E-state index is -0.0677. The van der Waals surface area contributed by atoms with E-state index in [1.54, 1.807) is 0 Å². The third kappa shape index (κ3) is 4.31. The second-order valence-electron chi connectivity index (χ2n) is 6.59. The number of carbonyl (C=O) groups excluding carboxylic acids is 1. The third-order valence-corrected chi connectivity index (χ3v) is 4.49. The summed E-state index contributed by atoms with van der Waals surface area (Å²) in [5.74, 6) is 1.57. The van der Waals surface area contributed by atoms with Crippen LogP contribution < -0.4 is 5.73 Å². The number of hydrogen-bond donors (Lipinski definition) is 1. The van der Waals surface area contributed by atoms with Crippen LogP contribution in [0, 0.1) is 0 Å². The number of aromatic nitrogens is 2. The number of anilines is 1. The summed E-state index contributed by atoms with van der Waals surface area (Å²) in [6.07, 6.45) is 2.95. The SMILES string of the molecule is CC(C)c1nc(C2CCCN2C(=O)CCc2ccccc2N)no1.Cl. The molecule has 25 heavy (non-hydrogen) atoms. The molecule has 0 spiro atoms. The van der Waals surface area contributed by atoms with Crippen LogP contribution in [0.15, 0.2) is 28.8 Å². The van der Waals surface area contributed by atoms with Crippen LogP contribution in [-0.4, -0.2) is 27.5 Å². The third-order valence-electron chi connectivity index (χ3n) is 4.49. The molecule has 1 atom stereocenters. The Labute approximate surface area is 154 Å². The smallest absolute Gasteiger partial charge is 0.229 e. The van der Waals surface area contributed by atoms with E-state index in [0.29, 0.717) is 24.6 Å². The van der Waals surface area contributed by atoms with Crippen molar-refractivity contribution in [2.75, 3.05) is 12.3 Å². The summed E-state index contributed by atoms with van der Waals surface area (Å²) < 4.78 is 5.30. The summed E-state index contributed by atoms with van der Waals surface area (Å²) in [6, 6.07) is 7.62. The van der Waals surface area contributed by atoms with Gasteiger partial charge < -0.3 is 15.2 Å². The molecular formula is C18H25ClN4O2. The Bertz CT molecular complexity index is 717. The molecule has 1 unspecified atom stereocenters. The normalized spacial score (nSPS) is 16.9. The number of carbonyl (C=O) groups is 1. The van der Waals surface area contributed by atoms with Crippen LogP contribution in [0.1, 0.15) is 62.3 Å². The topological polar surface area (TPSA) is 85.2 Å². The maximum absolute atomic E-state index is 12.7. The lowest BCUT2D eigenvalue weighted by atomic mass is 10.1. The largest absolute Gasteiger partial charge is 0.399 e. The fourth-order valence-corrected chi connectivity index (χ4v) is 3.10. The van der Waals surface area contributed by atoms with Crippen molar-refractivity contribution in [3.63, 3.8) is 0 Å². The van der Waals surface area contributed by atoms with Gasteiger partial charge in [0.05, 0.1) is 6.04 Å². The average Bonchev–Trinajstić information content (AvgIpc) is 3.22. The molecule has 1 saturated heterocycles. The average molecular weight is 365 g/mol. The van der Waals surface area contributed by atoms with Gasteiger partial charge >= 0.3 is 0 Å². The number of para-hydroxylation sites is 1. The molecule has 2 heterocycles. The fraction of sp³-hybridized carbons (Fsp3) is 0.500. The summed E-state index contributed by atoms with van der Waals surface area (Å²) in [5.41, 5.74) is 7.71. The molecular weight excluding hydrogens is 340 g/mol. The quantitative estimate of drug-likeness (QED) is 0.821. The van der Waals surface area contributed by atoms with Gasteiger partial charge in [-0.1, -0.05) is 37.2 Å². The van der Waals surface area contributed by atoms with Gasteiger partial charge in [0.2, 0.25) is 11.8 Å². The molecule has 1 amide bonds. The Morgan fingerprint density at radius 1 is 1.40 bits per heavy atom. The lowest BCUT2D eigenvalue weighted by Gasteiger charge is -2.22. The van der Waals surface area contributed by atoms with E-state index < -0.39 is 0 Å². The van der Waals surface area contributed by atoms with Crippen LogP contribution >= 0.6 is 12.4 Å². The van der Waals surface area contributed by atoms with Crippen LogP contribution in [-0.2, 0) is 11.2 Å². The summed E-state index contributed by atoms with van der Waals surface area (Å²) in [6.45, 7) is 4.78. The van der Waals surface area contributed by atoms with Crippen LogP contribution in [0.3, 0.4) is 0 Å². The number of halogens is 1. The number of amides is 1. The fourth-order valence-electron chi connectivity index (χ4n) is 3.10. The molecule has 2 N–H and O–H groups in total. The Morgan fingerprint density at radius 3 is 2.84 bits per heavy atom. The van der Waals surface area contributed by atoms with E-state index in [9.17, 15) is 4.79 Å². The van der Waals surface area contributed by atoms with Crippen molar-refractivity contribution >= 4 is 24.0 Å². The van der Waals surface area contributed by atoms with Gasteiger partial charge in [-0.2, -0.15) is 4.98 Å². The van der Waals surface area contributed by atoms with Gasteiger partial charge in [0.15, 0.2) is 5.82 Å². The predicted molar refractivity (Wildman–Crippen MR) is 98.5 cm³/mol. The van der Waals surface area contributed by atoms with Gasteiger partial charge in [-0.3, -0.25) is 4.79 Å². The number of hydrogen-bond acceptors (Lipinski definition) is 5. The van der Waals surface area contributed by atoms with E-state index in [1.165, 1.54) is 0 Å². The monoisotopic (exact) mass is 364 g/mol. The predicted octanol–water partition coefficient (Wildman–Crippen LogP) is 3.49. The van der Waals surface area contributed by atoms with Crippen LogP contribution in [0.4, 0.5) is 5.69 Å². The molecule has 1 aliphatic heterocycles. The molecule has 0 bridgehead atoms. The highest BCUT2D eigenvalue weighted by Gasteiger charge is 2.33. The van der Waals surface area contributed by atoms with Crippen LogP contribution in [0.25, 0.3) is 0 Å². The van der Waals surface area contributed by atoms with Crippen molar-refractivity contribution in [2.24, 2.45) is 0 Å². The van der Waals surface area contributed by atoms with Crippen LogP contribution in [0.5, 0.6) is 0 Å². The molecule has 1 aliphatic rings. The zero-order valence-electron chi connectivity index (χ0n) is 14.6. The van der Waals surface area contributed by atoms with Gasteiger partial charge in [0, 0.05) is 24.6 Å². The highest BCUT2D eigenvalue weighted by Crippen LogP contribution is 2.31. The molecule has 1 aromatic heterocycles. The van der Waals surface area contributed by atoms with E-state index in [-0.39, 0.29) is 30.3 Å². The number of rotatable bonds is 5. The van der Waals surface area contributed by atoms with Crippen molar-refractivity contribution in [3.8, 4) is 0 Å². The second kappa shape index (κ2) is 8.34. The molecule has 0 saturated carbocycles. The van der Waals surface area contributed by atoms with E-state index >= 15 is 0 Å². The molecule has 0 radical (unpaired) electrons. The Hall–Kier alpha value is -2.08. The first-order valence-corrected chi connectivity index (χ1v) is 8.52. The number of nitrogens with zero attached hydrogens (tertiary/aromatic N) is 3. The molecule has 1 fully saturated rings. The summed E-state index contributed by atoms with van der Waals surface area (Å²) >= 11 is 0. The van der Waals surface area contributed by atoms with E-state index in [4.69, 9.17) is 10.3 Å². The minimum absolute atomic E-state index is 0. The highest BCUT2D eigenvalue weighted by molar-refractivity contribution is 5.85. The molecule has 0 aliphatic carbocycles. The van der Waals surface area contributed by atoms with Gasteiger partial charge in [0.1, 0.15) is 0 Å². The first-order valence-electron chi connectivity index (χ1n) is 8.52. The summed E-state index contributed by atoms with van der Waals surface area (Å²) in [5, 5.41) is 4.08. The van der Waals surface area contributed by atoms with Crippen molar-refractivity contribution in [1.82, 2.24) is 15.0 Å². The Balaban J connectivity index is 0.00000225. The second-order valence-corrected chi connectivity index (χ2v) is 6.59. The zero-order chi connectivity index (χ0) is 17.1. The number of aryl methyl sites for hydroxylation is 1. The van der Waals surface area contributed by atoms with Crippen molar-refractivity contribution in [1.29, 1.82) is 0 Å².